The minimum absolute atomic E-state index is 0.0794. The average Bonchev–Trinajstić information content (AvgIpc) is 2.49. The predicted octanol–water partition coefficient (Wildman–Crippen LogP) is 1.88. The number of hydrogen-bond acceptors (Lipinski definition) is 3. The lowest BCUT2D eigenvalue weighted by Crippen LogP contribution is -2.41. The number of benzene rings is 2. The molecule has 0 bridgehead atoms. The van der Waals surface area contributed by atoms with E-state index in [1.54, 1.807) is 0 Å². The second kappa shape index (κ2) is 7.93. The molecular weight excluding hydrogens is 260 g/mol. The van der Waals surface area contributed by atoms with Gasteiger partial charge in [-0.1, -0.05) is 60.7 Å². The van der Waals surface area contributed by atoms with Gasteiger partial charge in [0.1, 0.15) is 0 Å². The summed E-state index contributed by atoms with van der Waals surface area (Å²) < 4.78 is 0. The number of aliphatic hydroxyl groups is 1. The SMILES string of the molecule is N[C@@H](Cc1ccccc1)C[C@H](O)[C@@H](N)Cc1ccccc1. The van der Waals surface area contributed by atoms with Crippen molar-refractivity contribution in [1.82, 2.24) is 0 Å². The summed E-state index contributed by atoms with van der Waals surface area (Å²) in [5.74, 6) is 0. The summed E-state index contributed by atoms with van der Waals surface area (Å²) in [7, 11) is 0. The first kappa shape index (κ1) is 15.7. The topological polar surface area (TPSA) is 72.3 Å². The molecule has 0 spiro atoms. The summed E-state index contributed by atoms with van der Waals surface area (Å²) in [5, 5.41) is 10.2. The number of aliphatic hydroxyl groups excluding tert-OH is 1. The highest BCUT2D eigenvalue weighted by molar-refractivity contribution is 5.17. The standard InChI is InChI=1S/C18H24N2O/c19-16(11-14-7-3-1-4-8-14)13-18(21)17(20)12-15-9-5-2-6-10-15/h1-10,16-18,21H,11-13,19-20H2/t16-,17-,18-/m0/s1. The van der Waals surface area contributed by atoms with Gasteiger partial charge < -0.3 is 16.6 Å². The summed E-state index contributed by atoms with van der Waals surface area (Å²) in [4.78, 5) is 0. The van der Waals surface area contributed by atoms with E-state index in [0.29, 0.717) is 12.8 Å². The molecule has 5 N–H and O–H groups in total. The van der Waals surface area contributed by atoms with Crippen molar-refractivity contribution in [2.75, 3.05) is 0 Å². The molecule has 0 aromatic heterocycles. The van der Waals surface area contributed by atoms with E-state index in [2.05, 4.69) is 12.1 Å². The molecule has 3 atom stereocenters. The van der Waals surface area contributed by atoms with Crippen LogP contribution in [0, 0.1) is 0 Å². The molecule has 0 aliphatic carbocycles. The van der Waals surface area contributed by atoms with Crippen molar-refractivity contribution in [2.45, 2.75) is 37.5 Å². The molecule has 0 amide bonds. The molecule has 2 aromatic carbocycles. The van der Waals surface area contributed by atoms with Crippen molar-refractivity contribution in [3.8, 4) is 0 Å². The number of hydrogen-bond donors (Lipinski definition) is 3. The molecular formula is C18H24N2O. The van der Waals surface area contributed by atoms with Crippen LogP contribution >= 0.6 is 0 Å². The van der Waals surface area contributed by atoms with Gasteiger partial charge in [-0.2, -0.15) is 0 Å². The summed E-state index contributed by atoms with van der Waals surface area (Å²) in [6.07, 6.45) is 1.36. The number of nitrogens with two attached hydrogens (primary N) is 2. The zero-order valence-corrected chi connectivity index (χ0v) is 12.2. The molecule has 0 saturated carbocycles. The first-order valence-electron chi connectivity index (χ1n) is 7.42. The first-order valence-corrected chi connectivity index (χ1v) is 7.42. The second-order valence-electron chi connectivity index (χ2n) is 5.61. The molecule has 112 valence electrons. The summed E-state index contributed by atoms with van der Waals surface area (Å²) in [6.45, 7) is 0. The van der Waals surface area contributed by atoms with Gasteiger partial charge in [-0.15, -0.1) is 0 Å². The molecule has 2 aromatic rings. The van der Waals surface area contributed by atoms with Gasteiger partial charge in [-0.3, -0.25) is 0 Å². The molecule has 3 nitrogen and oxygen atoms in total. The molecule has 0 unspecified atom stereocenters. The van der Waals surface area contributed by atoms with E-state index in [1.165, 1.54) is 5.56 Å². The van der Waals surface area contributed by atoms with Crippen molar-refractivity contribution in [1.29, 1.82) is 0 Å². The highest BCUT2D eigenvalue weighted by Crippen LogP contribution is 2.10. The summed E-state index contributed by atoms with van der Waals surface area (Å²) in [6, 6.07) is 19.7. The van der Waals surface area contributed by atoms with E-state index < -0.39 is 6.10 Å². The molecule has 0 radical (unpaired) electrons. The molecule has 0 heterocycles. The minimum atomic E-state index is -0.580. The summed E-state index contributed by atoms with van der Waals surface area (Å²) in [5.41, 5.74) is 14.5. The lowest BCUT2D eigenvalue weighted by Gasteiger charge is -2.22. The van der Waals surface area contributed by atoms with Crippen LogP contribution in [-0.2, 0) is 12.8 Å². The molecule has 0 fully saturated rings. The zero-order valence-electron chi connectivity index (χ0n) is 12.2. The van der Waals surface area contributed by atoms with Crippen molar-refractivity contribution in [3.05, 3.63) is 71.8 Å². The maximum absolute atomic E-state index is 10.2. The van der Waals surface area contributed by atoms with Gasteiger partial charge in [-0.05, 0) is 30.4 Å². The van der Waals surface area contributed by atoms with Gasteiger partial charge in [-0.25, -0.2) is 0 Å². The van der Waals surface area contributed by atoms with E-state index in [1.807, 2.05) is 48.5 Å². The fourth-order valence-electron chi connectivity index (χ4n) is 2.51. The lowest BCUT2D eigenvalue weighted by atomic mass is 9.95. The van der Waals surface area contributed by atoms with Crippen LogP contribution in [0.4, 0.5) is 0 Å². The Kier molecular flexibility index (Phi) is 5.93. The van der Waals surface area contributed by atoms with Crippen LogP contribution in [0.25, 0.3) is 0 Å². The predicted molar refractivity (Wildman–Crippen MR) is 86.9 cm³/mol. The van der Waals surface area contributed by atoms with Crippen LogP contribution in [0.5, 0.6) is 0 Å². The van der Waals surface area contributed by atoms with E-state index in [0.717, 1.165) is 12.0 Å². The molecule has 0 aliphatic rings. The third-order valence-corrected chi connectivity index (χ3v) is 3.69. The summed E-state index contributed by atoms with van der Waals surface area (Å²) >= 11 is 0. The van der Waals surface area contributed by atoms with Gasteiger partial charge >= 0.3 is 0 Å². The van der Waals surface area contributed by atoms with Crippen molar-refractivity contribution in [2.24, 2.45) is 11.5 Å². The van der Waals surface area contributed by atoms with Gasteiger partial charge in [0.2, 0.25) is 0 Å². The second-order valence-corrected chi connectivity index (χ2v) is 5.61. The lowest BCUT2D eigenvalue weighted by molar-refractivity contribution is 0.126. The fraction of sp³-hybridized carbons (Fsp3) is 0.333. The molecule has 0 aliphatic heterocycles. The monoisotopic (exact) mass is 284 g/mol. The molecule has 2 rings (SSSR count). The van der Waals surface area contributed by atoms with Gasteiger partial charge in [0.15, 0.2) is 0 Å². The first-order chi connectivity index (χ1) is 10.1. The van der Waals surface area contributed by atoms with E-state index >= 15 is 0 Å². The highest BCUT2D eigenvalue weighted by atomic mass is 16.3. The van der Waals surface area contributed by atoms with Crippen LogP contribution in [0.15, 0.2) is 60.7 Å². The largest absolute Gasteiger partial charge is 0.391 e. The van der Waals surface area contributed by atoms with Crippen LogP contribution < -0.4 is 11.5 Å². The Morgan fingerprint density at radius 3 is 1.76 bits per heavy atom. The van der Waals surface area contributed by atoms with Crippen LogP contribution in [0.3, 0.4) is 0 Å². The Morgan fingerprint density at radius 1 is 0.762 bits per heavy atom. The van der Waals surface area contributed by atoms with Crippen molar-refractivity contribution < 1.29 is 5.11 Å². The van der Waals surface area contributed by atoms with Crippen molar-refractivity contribution >= 4 is 0 Å². The smallest absolute Gasteiger partial charge is 0.0709 e. The van der Waals surface area contributed by atoms with Gasteiger partial charge in [0.05, 0.1) is 6.10 Å². The quantitative estimate of drug-likeness (QED) is 0.727. The molecule has 21 heavy (non-hydrogen) atoms. The maximum Gasteiger partial charge on any atom is 0.0709 e. The van der Waals surface area contributed by atoms with Gasteiger partial charge in [0, 0.05) is 12.1 Å². The Bertz CT molecular complexity index is 515. The average molecular weight is 284 g/mol. The zero-order chi connectivity index (χ0) is 15.1. The minimum Gasteiger partial charge on any atom is -0.391 e. The van der Waals surface area contributed by atoms with Gasteiger partial charge in [0.25, 0.3) is 0 Å². The Morgan fingerprint density at radius 2 is 1.24 bits per heavy atom. The normalized spacial score (nSPS) is 15.4. The Labute approximate surface area is 126 Å². The molecule has 3 heteroatoms. The van der Waals surface area contributed by atoms with E-state index in [-0.39, 0.29) is 12.1 Å². The van der Waals surface area contributed by atoms with E-state index in [4.69, 9.17) is 11.5 Å². The highest BCUT2D eigenvalue weighted by Gasteiger charge is 2.18. The third-order valence-electron chi connectivity index (χ3n) is 3.69. The number of rotatable bonds is 7. The maximum atomic E-state index is 10.2. The Balaban J connectivity index is 1.81. The Hall–Kier alpha value is -1.68. The van der Waals surface area contributed by atoms with Crippen LogP contribution in [0.1, 0.15) is 17.5 Å². The fourth-order valence-corrected chi connectivity index (χ4v) is 2.51. The van der Waals surface area contributed by atoms with Crippen LogP contribution in [0.2, 0.25) is 0 Å². The van der Waals surface area contributed by atoms with E-state index in [9.17, 15) is 5.11 Å². The third kappa shape index (κ3) is 5.31. The van der Waals surface area contributed by atoms with Crippen LogP contribution in [-0.4, -0.2) is 23.3 Å². The van der Waals surface area contributed by atoms with Crippen molar-refractivity contribution in [3.63, 3.8) is 0 Å². The molecule has 0 saturated heterocycles.